The number of rotatable bonds is 4. The number of morpholine rings is 1. The fraction of sp³-hybridized carbons (Fsp3) is 0.333. The van der Waals surface area contributed by atoms with Crippen LogP contribution in [-0.4, -0.2) is 43.4 Å². The summed E-state index contributed by atoms with van der Waals surface area (Å²) in [7, 11) is 0. The lowest BCUT2D eigenvalue weighted by molar-refractivity contribution is 0.0548. The van der Waals surface area contributed by atoms with Crippen molar-refractivity contribution in [2.45, 2.75) is 12.8 Å². The maximum atomic E-state index is 10.8. The average Bonchev–Trinajstić information content (AvgIpc) is 3.00. The molecule has 0 bridgehead atoms. The minimum Gasteiger partial charge on any atom is -0.378 e. The number of nitrogens with one attached hydrogen (secondary N) is 1. The van der Waals surface area contributed by atoms with Crippen molar-refractivity contribution in [3.63, 3.8) is 0 Å². The van der Waals surface area contributed by atoms with Gasteiger partial charge in [0.15, 0.2) is 0 Å². The second-order valence-electron chi connectivity index (χ2n) is 5.93. The van der Waals surface area contributed by atoms with Crippen LogP contribution in [0.2, 0.25) is 5.02 Å². The molecule has 25 heavy (non-hydrogen) atoms. The molecule has 1 fully saturated rings. The summed E-state index contributed by atoms with van der Waals surface area (Å²) in [6, 6.07) is 7.13. The van der Waals surface area contributed by atoms with E-state index in [1.807, 2.05) is 24.3 Å². The standard InChI is InChI=1S/C18H21ClN4O2/c19-16-5-1-13(2-6-16)11-14-3-4-15(12-21-22-18(20)24)17(14)23-7-9-25-10-8-23/h1-2,5-6,11-12H,3-4,7-10H2,(H3,20,22,24)/b14-11-,21-12?. The molecule has 0 saturated carbocycles. The van der Waals surface area contributed by atoms with Crippen molar-refractivity contribution in [1.29, 1.82) is 0 Å². The second kappa shape index (κ2) is 8.18. The summed E-state index contributed by atoms with van der Waals surface area (Å²) in [5, 5.41) is 4.67. The minimum absolute atomic E-state index is 0.667. The molecule has 3 rings (SSSR count). The van der Waals surface area contributed by atoms with E-state index >= 15 is 0 Å². The Labute approximate surface area is 152 Å². The highest BCUT2D eigenvalue weighted by Crippen LogP contribution is 2.35. The van der Waals surface area contributed by atoms with E-state index in [0.29, 0.717) is 13.2 Å². The SMILES string of the molecule is NC(=O)NN=CC1=C(N2CCOCC2)/C(=C\c2ccc(Cl)cc2)CC1. The zero-order valence-corrected chi connectivity index (χ0v) is 14.6. The number of carbonyl (C=O) groups is 1. The van der Waals surface area contributed by atoms with Crippen molar-refractivity contribution in [2.24, 2.45) is 10.8 Å². The van der Waals surface area contributed by atoms with Crippen molar-refractivity contribution in [3.8, 4) is 0 Å². The van der Waals surface area contributed by atoms with Crippen LogP contribution in [0.4, 0.5) is 4.79 Å². The van der Waals surface area contributed by atoms with Gasteiger partial charge in [-0.2, -0.15) is 5.10 Å². The molecular formula is C18H21ClN4O2. The molecule has 132 valence electrons. The summed E-state index contributed by atoms with van der Waals surface area (Å²) < 4.78 is 5.47. The van der Waals surface area contributed by atoms with Crippen LogP contribution in [0.3, 0.4) is 0 Å². The Morgan fingerprint density at radius 2 is 1.96 bits per heavy atom. The molecule has 6 nitrogen and oxygen atoms in total. The quantitative estimate of drug-likeness (QED) is 0.640. The molecule has 1 aliphatic heterocycles. The van der Waals surface area contributed by atoms with Crippen molar-refractivity contribution in [3.05, 3.63) is 51.7 Å². The van der Waals surface area contributed by atoms with E-state index in [9.17, 15) is 4.79 Å². The molecular weight excluding hydrogens is 340 g/mol. The molecule has 1 aromatic rings. The molecule has 0 spiro atoms. The van der Waals surface area contributed by atoms with Gasteiger partial charge in [-0.15, -0.1) is 0 Å². The van der Waals surface area contributed by atoms with Crippen LogP contribution in [0.5, 0.6) is 0 Å². The second-order valence-corrected chi connectivity index (χ2v) is 6.37. The van der Waals surface area contributed by atoms with Crippen molar-refractivity contribution in [2.75, 3.05) is 26.3 Å². The lowest BCUT2D eigenvalue weighted by atomic mass is 10.1. The maximum Gasteiger partial charge on any atom is 0.332 e. The van der Waals surface area contributed by atoms with Crippen LogP contribution in [0.25, 0.3) is 6.08 Å². The summed E-state index contributed by atoms with van der Waals surface area (Å²) in [5.41, 5.74) is 12.0. The first-order valence-electron chi connectivity index (χ1n) is 8.24. The van der Waals surface area contributed by atoms with Gasteiger partial charge < -0.3 is 15.4 Å². The van der Waals surface area contributed by atoms with Gasteiger partial charge in [0, 0.05) is 23.8 Å². The predicted molar refractivity (Wildman–Crippen MR) is 99.3 cm³/mol. The maximum absolute atomic E-state index is 10.8. The van der Waals surface area contributed by atoms with Crippen LogP contribution in [-0.2, 0) is 4.74 Å². The number of carbonyl (C=O) groups excluding carboxylic acids is 1. The van der Waals surface area contributed by atoms with Gasteiger partial charge in [0.05, 0.1) is 19.4 Å². The number of benzene rings is 1. The number of hydrogen-bond donors (Lipinski definition) is 2. The Morgan fingerprint density at radius 3 is 2.64 bits per heavy atom. The van der Waals surface area contributed by atoms with Crippen LogP contribution in [0.1, 0.15) is 18.4 Å². The van der Waals surface area contributed by atoms with Crippen molar-refractivity contribution >= 4 is 29.9 Å². The van der Waals surface area contributed by atoms with E-state index in [4.69, 9.17) is 22.1 Å². The fourth-order valence-corrected chi connectivity index (χ4v) is 3.23. The van der Waals surface area contributed by atoms with Gasteiger partial charge in [-0.05, 0) is 47.8 Å². The molecule has 0 unspecified atom stereocenters. The van der Waals surface area contributed by atoms with Crippen LogP contribution < -0.4 is 11.2 Å². The Bertz CT molecular complexity index is 719. The Morgan fingerprint density at radius 1 is 1.24 bits per heavy atom. The van der Waals surface area contributed by atoms with Gasteiger partial charge in [-0.1, -0.05) is 23.7 Å². The molecule has 2 aliphatic rings. The van der Waals surface area contributed by atoms with Crippen LogP contribution in [0.15, 0.2) is 46.2 Å². The fourth-order valence-electron chi connectivity index (χ4n) is 3.11. The van der Waals surface area contributed by atoms with Gasteiger partial charge in [-0.25, -0.2) is 10.2 Å². The van der Waals surface area contributed by atoms with E-state index in [0.717, 1.165) is 42.1 Å². The number of amides is 2. The van der Waals surface area contributed by atoms with Gasteiger partial charge in [-0.3, -0.25) is 0 Å². The average molecular weight is 361 g/mol. The van der Waals surface area contributed by atoms with Gasteiger partial charge in [0.2, 0.25) is 0 Å². The number of nitrogens with two attached hydrogens (primary N) is 1. The molecule has 1 aromatic carbocycles. The van der Waals surface area contributed by atoms with E-state index < -0.39 is 6.03 Å². The molecule has 1 heterocycles. The van der Waals surface area contributed by atoms with Gasteiger partial charge in [0.1, 0.15) is 0 Å². The number of hydrogen-bond acceptors (Lipinski definition) is 4. The first-order valence-corrected chi connectivity index (χ1v) is 8.62. The first-order chi connectivity index (χ1) is 12.1. The van der Waals surface area contributed by atoms with Crippen molar-refractivity contribution in [1.82, 2.24) is 10.3 Å². The molecule has 0 radical (unpaired) electrons. The van der Waals surface area contributed by atoms with E-state index in [1.54, 1.807) is 6.21 Å². The molecule has 7 heteroatoms. The lowest BCUT2D eigenvalue weighted by Gasteiger charge is -2.31. The highest BCUT2D eigenvalue weighted by Gasteiger charge is 2.25. The van der Waals surface area contributed by atoms with E-state index in [2.05, 4.69) is 21.5 Å². The third-order valence-electron chi connectivity index (χ3n) is 4.21. The number of primary amides is 1. The first kappa shape index (κ1) is 17.5. The Hall–Kier alpha value is -2.31. The number of allylic oxidation sites excluding steroid dienone is 2. The topological polar surface area (TPSA) is 80.0 Å². The molecule has 0 atom stereocenters. The van der Waals surface area contributed by atoms with Gasteiger partial charge >= 0.3 is 6.03 Å². The summed E-state index contributed by atoms with van der Waals surface area (Å²) in [4.78, 5) is 13.1. The summed E-state index contributed by atoms with van der Waals surface area (Å²) in [6.45, 7) is 3.10. The van der Waals surface area contributed by atoms with Crippen LogP contribution in [0, 0.1) is 0 Å². The largest absolute Gasteiger partial charge is 0.378 e. The summed E-state index contributed by atoms with van der Waals surface area (Å²) in [5.74, 6) is 0. The number of nitrogens with zero attached hydrogens (tertiary/aromatic N) is 2. The van der Waals surface area contributed by atoms with E-state index in [-0.39, 0.29) is 0 Å². The smallest absolute Gasteiger partial charge is 0.332 e. The zero-order valence-electron chi connectivity index (χ0n) is 13.9. The predicted octanol–water partition coefficient (Wildman–Crippen LogP) is 2.76. The Balaban J connectivity index is 1.90. The summed E-state index contributed by atoms with van der Waals surface area (Å²) in [6.07, 6.45) is 5.67. The molecule has 0 aromatic heterocycles. The lowest BCUT2D eigenvalue weighted by Crippen LogP contribution is -2.36. The third kappa shape index (κ3) is 4.61. The normalized spacial score (nSPS) is 19.9. The molecule has 1 saturated heterocycles. The Kier molecular flexibility index (Phi) is 5.73. The number of halogens is 1. The number of hydrazone groups is 1. The summed E-state index contributed by atoms with van der Waals surface area (Å²) >= 11 is 5.97. The van der Waals surface area contributed by atoms with Crippen molar-refractivity contribution < 1.29 is 9.53 Å². The molecule has 2 amide bonds. The molecule has 3 N–H and O–H groups in total. The van der Waals surface area contributed by atoms with Crippen LogP contribution >= 0.6 is 11.6 Å². The number of urea groups is 1. The highest BCUT2D eigenvalue weighted by atomic mass is 35.5. The van der Waals surface area contributed by atoms with E-state index in [1.165, 1.54) is 11.3 Å². The highest BCUT2D eigenvalue weighted by molar-refractivity contribution is 6.30. The zero-order chi connectivity index (χ0) is 17.6. The number of ether oxygens (including phenoxy) is 1. The minimum atomic E-state index is -0.667. The molecule has 1 aliphatic carbocycles. The third-order valence-corrected chi connectivity index (χ3v) is 4.46. The monoisotopic (exact) mass is 360 g/mol. The van der Waals surface area contributed by atoms with Gasteiger partial charge in [0.25, 0.3) is 0 Å².